The van der Waals surface area contributed by atoms with Crippen LogP contribution in [0.15, 0.2) is 42.7 Å². The standard InChI is InChI=1S/C27H38N6O4/c1-19(2)24(29-21-15-20(16-31(18-21)27(35)36)17-32-12-8-11-28-32)25(34)26-30-22-9-4-5-10-23(22)33(26)13-6-7-14-37-3/h4-5,8-12,19-21,24,29H,6-7,13-18H2,1-3H3,(H,35,36)/t20-,21+,24?/m1/s1. The monoisotopic (exact) mass is 510 g/mol. The molecule has 3 heterocycles. The smallest absolute Gasteiger partial charge is 0.407 e. The van der Waals surface area contributed by atoms with Gasteiger partial charge >= 0.3 is 6.09 Å². The minimum atomic E-state index is -0.942. The van der Waals surface area contributed by atoms with Gasteiger partial charge < -0.3 is 24.6 Å². The Morgan fingerprint density at radius 2 is 2.00 bits per heavy atom. The quantitative estimate of drug-likeness (QED) is 0.283. The first-order valence-electron chi connectivity index (χ1n) is 13.1. The Bertz CT molecular complexity index is 1170. The third kappa shape index (κ3) is 6.56. The molecule has 1 aromatic carbocycles. The number of nitrogens with one attached hydrogen (secondary N) is 1. The number of para-hydroxylation sites is 2. The van der Waals surface area contributed by atoms with Crippen LogP contribution >= 0.6 is 0 Å². The predicted octanol–water partition coefficient (Wildman–Crippen LogP) is 3.53. The lowest BCUT2D eigenvalue weighted by atomic mass is 9.91. The van der Waals surface area contributed by atoms with Crippen LogP contribution in [0.5, 0.6) is 0 Å². The lowest BCUT2D eigenvalue weighted by molar-refractivity contribution is 0.0815. The zero-order valence-corrected chi connectivity index (χ0v) is 21.9. The summed E-state index contributed by atoms with van der Waals surface area (Å²) in [6, 6.07) is 9.05. The summed E-state index contributed by atoms with van der Waals surface area (Å²) in [7, 11) is 1.69. The number of carboxylic acid groups (broad SMARTS) is 1. The van der Waals surface area contributed by atoms with Crippen molar-refractivity contribution in [2.75, 3.05) is 26.8 Å². The van der Waals surface area contributed by atoms with E-state index in [-0.39, 0.29) is 23.7 Å². The summed E-state index contributed by atoms with van der Waals surface area (Å²) in [6.07, 6.45) is 5.20. The van der Waals surface area contributed by atoms with Crippen LogP contribution in [0.1, 0.15) is 43.7 Å². The van der Waals surface area contributed by atoms with E-state index in [1.165, 1.54) is 4.90 Å². The second kappa shape index (κ2) is 12.3. The van der Waals surface area contributed by atoms with Crippen molar-refractivity contribution in [3.63, 3.8) is 0 Å². The summed E-state index contributed by atoms with van der Waals surface area (Å²) in [6.45, 7) is 6.80. The second-order valence-corrected chi connectivity index (χ2v) is 10.2. The Hall–Kier alpha value is -3.24. The summed E-state index contributed by atoms with van der Waals surface area (Å²) in [5.74, 6) is 0.479. The van der Waals surface area contributed by atoms with Crippen molar-refractivity contribution in [3.05, 3.63) is 48.5 Å². The molecule has 10 heteroatoms. The Kier molecular flexibility index (Phi) is 8.94. The van der Waals surface area contributed by atoms with Crippen LogP contribution in [0.3, 0.4) is 0 Å². The summed E-state index contributed by atoms with van der Waals surface area (Å²) in [5.41, 5.74) is 1.74. The maximum atomic E-state index is 14.0. The van der Waals surface area contributed by atoms with Crippen molar-refractivity contribution in [1.82, 2.24) is 29.5 Å². The van der Waals surface area contributed by atoms with E-state index in [1.807, 2.05) is 59.6 Å². The Balaban J connectivity index is 1.55. The highest BCUT2D eigenvalue weighted by Crippen LogP contribution is 2.23. The lowest BCUT2D eigenvalue weighted by Crippen LogP contribution is -2.56. The van der Waals surface area contributed by atoms with Crippen LogP contribution < -0.4 is 5.32 Å². The number of hydrogen-bond acceptors (Lipinski definition) is 6. The molecule has 200 valence electrons. The number of carbonyl (C=O) groups excluding carboxylic acids is 1. The van der Waals surface area contributed by atoms with Crippen LogP contribution in [-0.4, -0.2) is 80.1 Å². The van der Waals surface area contributed by atoms with Gasteiger partial charge in [-0.2, -0.15) is 5.10 Å². The normalized spacial score (nSPS) is 19.0. The molecule has 3 aromatic rings. The molecule has 1 fully saturated rings. The van der Waals surface area contributed by atoms with E-state index in [0.717, 1.165) is 30.3 Å². The molecule has 0 aliphatic carbocycles. The largest absolute Gasteiger partial charge is 0.465 e. The number of ether oxygens (including phenoxy) is 1. The topological polar surface area (TPSA) is 115 Å². The van der Waals surface area contributed by atoms with Gasteiger partial charge in [-0.1, -0.05) is 26.0 Å². The number of ketones is 1. The van der Waals surface area contributed by atoms with Crippen LogP contribution in [0.25, 0.3) is 11.0 Å². The molecule has 2 N–H and O–H groups in total. The number of benzene rings is 1. The van der Waals surface area contributed by atoms with Crippen LogP contribution in [0, 0.1) is 11.8 Å². The first-order valence-corrected chi connectivity index (χ1v) is 13.1. The van der Waals surface area contributed by atoms with E-state index in [0.29, 0.717) is 38.6 Å². The molecule has 1 aliphatic heterocycles. The van der Waals surface area contributed by atoms with Gasteiger partial charge in [0.15, 0.2) is 5.82 Å². The molecule has 0 radical (unpaired) electrons. The van der Waals surface area contributed by atoms with E-state index in [9.17, 15) is 14.7 Å². The van der Waals surface area contributed by atoms with E-state index in [4.69, 9.17) is 9.72 Å². The van der Waals surface area contributed by atoms with Gasteiger partial charge in [0, 0.05) is 58.3 Å². The van der Waals surface area contributed by atoms with Crippen molar-refractivity contribution in [3.8, 4) is 0 Å². The number of nitrogens with zero attached hydrogens (tertiary/aromatic N) is 5. The van der Waals surface area contributed by atoms with Crippen molar-refractivity contribution in [2.45, 2.75) is 58.3 Å². The fourth-order valence-electron chi connectivity index (χ4n) is 5.26. The number of fused-ring (bicyclic) bond motifs is 1. The number of likely N-dealkylation sites (tertiary alicyclic amines) is 1. The van der Waals surface area contributed by atoms with E-state index < -0.39 is 12.1 Å². The van der Waals surface area contributed by atoms with Gasteiger partial charge in [0.2, 0.25) is 5.78 Å². The number of methoxy groups -OCH3 is 1. The minimum Gasteiger partial charge on any atom is -0.465 e. The Morgan fingerprint density at radius 1 is 1.19 bits per heavy atom. The summed E-state index contributed by atoms with van der Waals surface area (Å²) in [4.78, 5) is 32.1. The highest BCUT2D eigenvalue weighted by Gasteiger charge is 2.35. The number of amides is 1. The molecule has 3 atom stereocenters. The maximum Gasteiger partial charge on any atom is 0.407 e. The van der Waals surface area contributed by atoms with Gasteiger partial charge in [0.05, 0.1) is 17.1 Å². The second-order valence-electron chi connectivity index (χ2n) is 10.2. The number of piperidine rings is 1. The predicted molar refractivity (Wildman–Crippen MR) is 141 cm³/mol. The third-order valence-electron chi connectivity index (χ3n) is 7.03. The zero-order valence-electron chi connectivity index (χ0n) is 21.9. The molecule has 0 spiro atoms. The number of aryl methyl sites for hydroxylation is 1. The van der Waals surface area contributed by atoms with Gasteiger partial charge in [-0.3, -0.25) is 9.48 Å². The molecule has 10 nitrogen and oxygen atoms in total. The third-order valence-corrected chi connectivity index (χ3v) is 7.03. The molecular weight excluding hydrogens is 472 g/mol. The SMILES string of the molecule is COCCCCn1c(C(=O)C(N[C@H]2C[C@@H](Cn3cccn3)CN(C(=O)O)C2)C(C)C)nc2ccccc21. The Morgan fingerprint density at radius 3 is 2.70 bits per heavy atom. The Labute approximate surface area is 217 Å². The molecule has 1 unspecified atom stereocenters. The molecule has 1 amide bonds. The average molecular weight is 511 g/mol. The van der Waals surface area contributed by atoms with Crippen LogP contribution in [0.4, 0.5) is 4.79 Å². The van der Waals surface area contributed by atoms with Crippen LogP contribution in [0.2, 0.25) is 0 Å². The fraction of sp³-hybridized carbons (Fsp3) is 0.556. The fourth-order valence-corrected chi connectivity index (χ4v) is 5.26. The van der Waals surface area contributed by atoms with E-state index in [1.54, 1.807) is 13.3 Å². The highest BCUT2D eigenvalue weighted by atomic mass is 16.5. The maximum absolute atomic E-state index is 14.0. The van der Waals surface area contributed by atoms with Crippen molar-refractivity contribution < 1.29 is 19.4 Å². The zero-order chi connectivity index (χ0) is 26.4. The van der Waals surface area contributed by atoms with Crippen LogP contribution in [-0.2, 0) is 17.8 Å². The number of imidazole rings is 1. The number of hydrogen-bond donors (Lipinski definition) is 2. The first-order chi connectivity index (χ1) is 17.9. The number of aromatic nitrogens is 4. The van der Waals surface area contributed by atoms with Gasteiger partial charge in [0.1, 0.15) is 0 Å². The molecule has 2 aromatic heterocycles. The first kappa shape index (κ1) is 26.8. The van der Waals surface area contributed by atoms with E-state index >= 15 is 0 Å². The molecule has 1 aliphatic rings. The molecular formula is C27H38N6O4. The van der Waals surface area contributed by atoms with Gasteiger partial charge in [0.25, 0.3) is 0 Å². The highest BCUT2D eigenvalue weighted by molar-refractivity contribution is 6.00. The molecule has 37 heavy (non-hydrogen) atoms. The summed E-state index contributed by atoms with van der Waals surface area (Å²) in [5, 5.41) is 17.6. The summed E-state index contributed by atoms with van der Waals surface area (Å²) < 4.78 is 9.06. The average Bonchev–Trinajstić information content (AvgIpc) is 3.52. The number of Topliss-reactive ketones (excluding diaryl/α,β-unsaturated/α-hetero) is 1. The lowest BCUT2D eigenvalue weighted by Gasteiger charge is -2.38. The summed E-state index contributed by atoms with van der Waals surface area (Å²) >= 11 is 0. The van der Waals surface area contributed by atoms with Crippen molar-refractivity contribution >= 4 is 22.9 Å². The van der Waals surface area contributed by atoms with Crippen molar-refractivity contribution in [2.24, 2.45) is 11.8 Å². The van der Waals surface area contributed by atoms with Gasteiger partial charge in [-0.05, 0) is 49.3 Å². The molecule has 0 bridgehead atoms. The van der Waals surface area contributed by atoms with Crippen molar-refractivity contribution in [1.29, 1.82) is 0 Å². The molecule has 4 rings (SSSR count). The van der Waals surface area contributed by atoms with Gasteiger partial charge in [-0.15, -0.1) is 0 Å². The number of rotatable bonds is 12. The molecule has 0 saturated carbocycles. The number of unbranched alkanes of at least 4 members (excludes halogenated alkanes) is 1. The van der Waals surface area contributed by atoms with Gasteiger partial charge in [-0.25, -0.2) is 9.78 Å². The minimum absolute atomic E-state index is 0.000904. The number of carbonyl (C=O) groups is 2. The molecule has 1 saturated heterocycles. The van der Waals surface area contributed by atoms with E-state index in [2.05, 4.69) is 10.4 Å².